The zero-order valence-corrected chi connectivity index (χ0v) is 13.4. The molecule has 1 aromatic carbocycles. The van der Waals surface area contributed by atoms with E-state index in [1.807, 2.05) is 33.8 Å². The molecule has 0 spiro atoms. The molecule has 0 heterocycles. The predicted octanol–water partition coefficient (Wildman–Crippen LogP) is 2.70. The quantitative estimate of drug-likeness (QED) is 0.618. The highest BCUT2D eigenvalue weighted by Crippen LogP contribution is 2.24. The summed E-state index contributed by atoms with van der Waals surface area (Å²) in [6.07, 6.45) is 0. The summed E-state index contributed by atoms with van der Waals surface area (Å²) in [5, 5.41) is 2.67. The summed E-state index contributed by atoms with van der Waals surface area (Å²) < 4.78 is 14.1. The van der Waals surface area contributed by atoms with Crippen LogP contribution in [0.3, 0.4) is 0 Å². The first-order valence-corrected chi connectivity index (χ1v) is 6.68. The topological polar surface area (TPSA) is 70.7 Å². The number of nitrogens with zero attached hydrogens (tertiary/aromatic N) is 2. The van der Waals surface area contributed by atoms with Crippen molar-refractivity contribution in [2.75, 3.05) is 11.9 Å². The molecule has 0 saturated heterocycles. The molecule has 0 aliphatic heterocycles. The Kier molecular flexibility index (Phi) is 4.93. The molecule has 1 aromatic rings. The Bertz CT molecular complexity index is 553. The lowest BCUT2D eigenvalue weighted by Crippen LogP contribution is -2.42. The van der Waals surface area contributed by atoms with Gasteiger partial charge in [0, 0.05) is 12.6 Å². The third-order valence-electron chi connectivity index (χ3n) is 2.78. The smallest absolute Gasteiger partial charge is 0.344 e. The van der Waals surface area contributed by atoms with Gasteiger partial charge in [0.2, 0.25) is 5.96 Å². The number of guanidine groups is 1. The van der Waals surface area contributed by atoms with Crippen molar-refractivity contribution < 1.29 is 9.18 Å². The van der Waals surface area contributed by atoms with Crippen LogP contribution in [-0.2, 0) is 0 Å². The highest BCUT2D eigenvalue weighted by Gasteiger charge is 2.17. The largest absolute Gasteiger partial charge is 0.369 e. The van der Waals surface area contributed by atoms with E-state index < -0.39 is 17.4 Å². The van der Waals surface area contributed by atoms with Crippen molar-refractivity contribution in [2.24, 2.45) is 10.7 Å². The van der Waals surface area contributed by atoms with Crippen molar-refractivity contribution in [3.05, 3.63) is 29.1 Å². The number of rotatable bonds is 1. The van der Waals surface area contributed by atoms with Gasteiger partial charge in [0.05, 0.1) is 5.69 Å². The number of aliphatic imine (C=N–C) groups is 1. The molecule has 2 amide bonds. The summed E-state index contributed by atoms with van der Waals surface area (Å²) in [7, 11) is 1.57. The van der Waals surface area contributed by atoms with Crippen LogP contribution in [0.1, 0.15) is 31.9 Å². The van der Waals surface area contributed by atoms with E-state index in [0.717, 1.165) is 11.1 Å². The molecule has 5 nitrogen and oxygen atoms in total. The van der Waals surface area contributed by atoms with Gasteiger partial charge in [-0.2, -0.15) is 4.99 Å². The van der Waals surface area contributed by atoms with Crippen LogP contribution in [0.4, 0.5) is 14.9 Å². The summed E-state index contributed by atoms with van der Waals surface area (Å²) in [5.74, 6) is -0.466. The number of halogens is 1. The average Bonchev–Trinajstić information content (AvgIpc) is 2.24. The number of hydrogen-bond donors (Lipinski definition) is 2. The minimum Gasteiger partial charge on any atom is -0.369 e. The molecule has 0 aliphatic carbocycles. The molecule has 0 saturated carbocycles. The third kappa shape index (κ3) is 4.73. The van der Waals surface area contributed by atoms with Gasteiger partial charge in [0.1, 0.15) is 5.82 Å². The summed E-state index contributed by atoms with van der Waals surface area (Å²) in [6.45, 7) is 9.11. The van der Waals surface area contributed by atoms with Gasteiger partial charge in [-0.3, -0.25) is 0 Å². The number of carbonyl (C=O) groups excluding carboxylic acids is 1. The zero-order valence-electron chi connectivity index (χ0n) is 13.4. The average molecular weight is 294 g/mol. The fourth-order valence-corrected chi connectivity index (χ4v) is 1.98. The Balaban J connectivity index is 3.03. The number of carbonyl (C=O) groups is 1. The fraction of sp³-hybridized carbons (Fsp3) is 0.467. The molecule has 116 valence electrons. The number of amides is 2. The predicted molar refractivity (Wildman–Crippen MR) is 84.2 cm³/mol. The van der Waals surface area contributed by atoms with Crippen LogP contribution in [0.2, 0.25) is 0 Å². The van der Waals surface area contributed by atoms with Gasteiger partial charge < -0.3 is 16.0 Å². The van der Waals surface area contributed by atoms with Gasteiger partial charge in [0.25, 0.3) is 0 Å². The van der Waals surface area contributed by atoms with Crippen molar-refractivity contribution in [3.63, 3.8) is 0 Å². The van der Waals surface area contributed by atoms with E-state index in [4.69, 9.17) is 5.73 Å². The first kappa shape index (κ1) is 16.9. The van der Waals surface area contributed by atoms with Gasteiger partial charge >= 0.3 is 6.03 Å². The summed E-state index contributed by atoms with van der Waals surface area (Å²) in [5.41, 5.74) is 7.24. The first-order valence-electron chi connectivity index (χ1n) is 6.68. The number of urea groups is 1. The van der Waals surface area contributed by atoms with Gasteiger partial charge in [-0.25, -0.2) is 9.18 Å². The van der Waals surface area contributed by atoms with E-state index in [1.165, 1.54) is 11.0 Å². The molecular weight excluding hydrogens is 271 g/mol. The van der Waals surface area contributed by atoms with Crippen LogP contribution >= 0.6 is 0 Å². The minimum absolute atomic E-state index is 0.0670. The number of nitrogens with one attached hydrogen (secondary N) is 1. The van der Waals surface area contributed by atoms with Crippen molar-refractivity contribution in [1.29, 1.82) is 0 Å². The van der Waals surface area contributed by atoms with E-state index in [-0.39, 0.29) is 5.96 Å². The molecule has 21 heavy (non-hydrogen) atoms. The molecule has 1 rings (SSSR count). The molecule has 0 atom stereocenters. The van der Waals surface area contributed by atoms with Crippen molar-refractivity contribution in [3.8, 4) is 0 Å². The maximum atomic E-state index is 14.1. The Morgan fingerprint density at radius 2 is 1.90 bits per heavy atom. The monoisotopic (exact) mass is 294 g/mol. The molecule has 0 radical (unpaired) electrons. The number of benzene rings is 1. The Morgan fingerprint density at radius 1 is 1.33 bits per heavy atom. The maximum absolute atomic E-state index is 14.1. The molecule has 0 fully saturated rings. The lowest BCUT2D eigenvalue weighted by molar-refractivity contribution is 0.241. The normalized spacial score (nSPS) is 12.2. The van der Waals surface area contributed by atoms with Crippen molar-refractivity contribution in [1.82, 2.24) is 5.32 Å². The second-order valence-corrected chi connectivity index (χ2v) is 6.12. The molecule has 0 aromatic heterocycles. The van der Waals surface area contributed by atoms with Gasteiger partial charge in [-0.05, 0) is 51.8 Å². The SMILES string of the molecule is Cc1cc(C)c(N(C)C(N)=NC(=O)NC(C)(C)C)c(F)c1. The highest BCUT2D eigenvalue weighted by molar-refractivity contribution is 6.01. The molecule has 0 unspecified atom stereocenters. The van der Waals surface area contributed by atoms with E-state index in [9.17, 15) is 9.18 Å². The van der Waals surface area contributed by atoms with E-state index in [1.54, 1.807) is 14.0 Å². The van der Waals surface area contributed by atoms with Crippen LogP contribution in [0.15, 0.2) is 17.1 Å². The lowest BCUT2D eigenvalue weighted by Gasteiger charge is -2.22. The van der Waals surface area contributed by atoms with Gasteiger partial charge in [-0.1, -0.05) is 6.07 Å². The summed E-state index contributed by atoms with van der Waals surface area (Å²) in [4.78, 5) is 16.8. The Labute approximate surface area is 125 Å². The Morgan fingerprint density at radius 3 is 2.38 bits per heavy atom. The van der Waals surface area contributed by atoms with E-state index in [2.05, 4.69) is 10.3 Å². The van der Waals surface area contributed by atoms with Crippen LogP contribution in [0.5, 0.6) is 0 Å². The number of anilines is 1. The van der Waals surface area contributed by atoms with Crippen LogP contribution in [-0.4, -0.2) is 24.6 Å². The molecular formula is C15H23FN4O. The first-order chi connectivity index (χ1) is 9.51. The van der Waals surface area contributed by atoms with Gasteiger partial charge in [-0.15, -0.1) is 0 Å². The van der Waals surface area contributed by atoms with Gasteiger partial charge in [0.15, 0.2) is 0 Å². The van der Waals surface area contributed by atoms with E-state index >= 15 is 0 Å². The van der Waals surface area contributed by atoms with Crippen molar-refractivity contribution in [2.45, 2.75) is 40.2 Å². The standard InChI is InChI=1S/C15H23FN4O/c1-9-7-10(2)12(11(16)8-9)20(6)13(17)18-14(21)19-15(3,4)5/h7-8H,1-6H3,(H3,17,18,19,21). The summed E-state index contributed by atoms with van der Waals surface area (Å²) >= 11 is 0. The fourth-order valence-electron chi connectivity index (χ4n) is 1.98. The minimum atomic E-state index is -0.558. The molecule has 6 heteroatoms. The van der Waals surface area contributed by atoms with Crippen LogP contribution < -0.4 is 16.0 Å². The Hall–Kier alpha value is -2.11. The van der Waals surface area contributed by atoms with Crippen molar-refractivity contribution >= 4 is 17.7 Å². The molecule has 3 N–H and O–H groups in total. The third-order valence-corrected chi connectivity index (χ3v) is 2.78. The van der Waals surface area contributed by atoms with Crippen LogP contribution in [0, 0.1) is 19.7 Å². The van der Waals surface area contributed by atoms with Crippen LogP contribution in [0.25, 0.3) is 0 Å². The van der Waals surface area contributed by atoms with E-state index in [0.29, 0.717) is 5.69 Å². The lowest BCUT2D eigenvalue weighted by atomic mass is 10.1. The second kappa shape index (κ2) is 6.11. The second-order valence-electron chi connectivity index (χ2n) is 6.12. The highest BCUT2D eigenvalue weighted by atomic mass is 19.1. The zero-order chi connectivity index (χ0) is 16.4. The number of nitrogens with two attached hydrogens (primary N) is 1. The molecule has 0 aliphatic rings. The summed E-state index contributed by atoms with van der Waals surface area (Å²) in [6, 6.07) is 2.70. The number of hydrogen-bond acceptors (Lipinski definition) is 1. The molecule has 0 bridgehead atoms. The number of aryl methyl sites for hydroxylation is 2. The maximum Gasteiger partial charge on any atom is 0.344 e.